The van der Waals surface area contributed by atoms with Crippen LogP contribution in [-0.2, 0) is 11.3 Å². The Labute approximate surface area is 100 Å². The number of nitrogens with two attached hydrogens (primary N) is 2. The fourth-order valence-corrected chi connectivity index (χ4v) is 1.73. The molecule has 94 valence electrons. The second-order valence-electron chi connectivity index (χ2n) is 4.14. The predicted molar refractivity (Wildman–Crippen MR) is 66.0 cm³/mol. The molecule has 1 aromatic rings. The van der Waals surface area contributed by atoms with Crippen LogP contribution in [0.5, 0.6) is 0 Å². The van der Waals surface area contributed by atoms with Crippen molar-refractivity contribution in [2.45, 2.75) is 26.4 Å². The van der Waals surface area contributed by atoms with Crippen LogP contribution in [0, 0.1) is 5.82 Å². The maximum atomic E-state index is 13.8. The van der Waals surface area contributed by atoms with Crippen molar-refractivity contribution in [2.24, 2.45) is 11.5 Å². The Morgan fingerprint density at radius 1 is 1.47 bits per heavy atom. The lowest BCUT2D eigenvalue weighted by Gasteiger charge is -2.29. The number of primary amides is 1. The summed E-state index contributed by atoms with van der Waals surface area (Å²) < 4.78 is 13.8. The van der Waals surface area contributed by atoms with Gasteiger partial charge in [-0.15, -0.1) is 0 Å². The Hall–Kier alpha value is -1.62. The zero-order valence-electron chi connectivity index (χ0n) is 10.1. The van der Waals surface area contributed by atoms with Crippen molar-refractivity contribution in [1.29, 1.82) is 0 Å². The normalized spacial score (nSPS) is 10.6. The fraction of sp³-hybridized carbons (Fsp3) is 0.417. The van der Waals surface area contributed by atoms with E-state index in [-0.39, 0.29) is 24.9 Å². The van der Waals surface area contributed by atoms with Gasteiger partial charge in [-0.2, -0.15) is 0 Å². The van der Waals surface area contributed by atoms with Crippen LogP contribution in [-0.4, -0.2) is 18.5 Å². The fourth-order valence-electron chi connectivity index (χ4n) is 1.73. The summed E-state index contributed by atoms with van der Waals surface area (Å²) in [5.74, 6) is -0.882. The first-order valence-electron chi connectivity index (χ1n) is 5.49. The van der Waals surface area contributed by atoms with E-state index < -0.39 is 5.91 Å². The van der Waals surface area contributed by atoms with Gasteiger partial charge in [0.25, 0.3) is 0 Å². The smallest absolute Gasteiger partial charge is 0.236 e. The number of carbonyl (C=O) groups excluding carboxylic acids is 1. The van der Waals surface area contributed by atoms with Crippen LogP contribution in [0.15, 0.2) is 18.2 Å². The Balaban J connectivity index is 3.21. The first kappa shape index (κ1) is 13.4. The van der Waals surface area contributed by atoms with Gasteiger partial charge in [0, 0.05) is 12.6 Å². The average molecular weight is 239 g/mol. The summed E-state index contributed by atoms with van der Waals surface area (Å²) in [6, 6.07) is 4.66. The number of carbonyl (C=O) groups is 1. The van der Waals surface area contributed by atoms with Crippen LogP contribution >= 0.6 is 0 Å². The van der Waals surface area contributed by atoms with Crippen LogP contribution < -0.4 is 16.4 Å². The minimum absolute atomic E-state index is 0.0222. The SMILES string of the molecule is CC(C)N(CC(N)=O)c1c(F)cccc1CN. The van der Waals surface area contributed by atoms with E-state index in [4.69, 9.17) is 11.5 Å². The monoisotopic (exact) mass is 239 g/mol. The second kappa shape index (κ2) is 5.63. The zero-order valence-corrected chi connectivity index (χ0v) is 10.1. The molecule has 0 unspecified atom stereocenters. The van der Waals surface area contributed by atoms with E-state index in [9.17, 15) is 9.18 Å². The van der Waals surface area contributed by atoms with E-state index in [0.717, 1.165) is 0 Å². The number of hydrogen-bond acceptors (Lipinski definition) is 3. The van der Waals surface area contributed by atoms with Gasteiger partial charge in [-0.25, -0.2) is 4.39 Å². The van der Waals surface area contributed by atoms with Crippen LogP contribution in [0.2, 0.25) is 0 Å². The Morgan fingerprint density at radius 2 is 2.12 bits per heavy atom. The molecule has 1 aromatic carbocycles. The molecule has 17 heavy (non-hydrogen) atoms. The molecule has 4 N–H and O–H groups in total. The van der Waals surface area contributed by atoms with E-state index in [1.165, 1.54) is 6.07 Å². The molecule has 0 aliphatic carbocycles. The highest BCUT2D eigenvalue weighted by molar-refractivity contribution is 5.80. The van der Waals surface area contributed by atoms with Crippen molar-refractivity contribution in [2.75, 3.05) is 11.4 Å². The molecule has 0 radical (unpaired) electrons. The summed E-state index contributed by atoms with van der Waals surface area (Å²) in [7, 11) is 0. The number of hydrogen-bond donors (Lipinski definition) is 2. The molecule has 4 nitrogen and oxygen atoms in total. The van der Waals surface area contributed by atoms with Gasteiger partial charge < -0.3 is 16.4 Å². The molecule has 0 saturated heterocycles. The Bertz CT molecular complexity index is 407. The lowest BCUT2D eigenvalue weighted by molar-refractivity contribution is -0.116. The van der Waals surface area contributed by atoms with E-state index in [1.54, 1.807) is 17.0 Å². The molecule has 0 saturated carbocycles. The first-order chi connectivity index (χ1) is 7.97. The van der Waals surface area contributed by atoms with E-state index in [2.05, 4.69) is 0 Å². The highest BCUT2D eigenvalue weighted by atomic mass is 19.1. The van der Waals surface area contributed by atoms with Crippen LogP contribution in [0.1, 0.15) is 19.4 Å². The molecule has 1 amide bonds. The van der Waals surface area contributed by atoms with E-state index in [0.29, 0.717) is 11.3 Å². The van der Waals surface area contributed by atoms with Gasteiger partial charge >= 0.3 is 0 Å². The number of nitrogens with zero attached hydrogens (tertiary/aromatic N) is 1. The minimum atomic E-state index is -0.495. The van der Waals surface area contributed by atoms with Crippen LogP contribution in [0.3, 0.4) is 0 Å². The molecule has 0 aliphatic heterocycles. The van der Waals surface area contributed by atoms with Crippen LogP contribution in [0.25, 0.3) is 0 Å². The lowest BCUT2D eigenvalue weighted by atomic mass is 10.1. The molecule has 1 rings (SSSR count). The van der Waals surface area contributed by atoms with E-state index >= 15 is 0 Å². The third-order valence-corrected chi connectivity index (χ3v) is 2.53. The number of amides is 1. The van der Waals surface area contributed by atoms with Crippen LogP contribution in [0.4, 0.5) is 10.1 Å². The Kier molecular flexibility index (Phi) is 4.45. The van der Waals surface area contributed by atoms with Gasteiger partial charge in [0.2, 0.25) is 5.91 Å². The highest BCUT2D eigenvalue weighted by Gasteiger charge is 2.19. The van der Waals surface area contributed by atoms with Gasteiger partial charge in [-0.3, -0.25) is 4.79 Å². The molecule has 0 bridgehead atoms. The van der Waals surface area contributed by atoms with Crippen molar-refractivity contribution in [3.8, 4) is 0 Å². The summed E-state index contributed by atoms with van der Waals surface area (Å²) in [5.41, 5.74) is 11.8. The molecule has 0 heterocycles. The zero-order chi connectivity index (χ0) is 13.0. The molecule has 5 heteroatoms. The predicted octanol–water partition coefficient (Wildman–Crippen LogP) is 0.985. The van der Waals surface area contributed by atoms with Crippen molar-refractivity contribution >= 4 is 11.6 Å². The molecule has 0 aliphatic rings. The number of halogens is 1. The third kappa shape index (κ3) is 3.17. The summed E-state index contributed by atoms with van der Waals surface area (Å²) in [4.78, 5) is 12.7. The average Bonchev–Trinajstić information content (AvgIpc) is 2.25. The van der Waals surface area contributed by atoms with Gasteiger partial charge in [0.15, 0.2) is 0 Å². The largest absolute Gasteiger partial charge is 0.368 e. The second-order valence-corrected chi connectivity index (χ2v) is 4.14. The molecule has 0 aromatic heterocycles. The summed E-state index contributed by atoms with van der Waals surface area (Å²) >= 11 is 0. The quantitative estimate of drug-likeness (QED) is 0.804. The standard InChI is InChI=1S/C12H18FN3O/c1-8(2)16(7-11(15)17)12-9(6-14)4-3-5-10(12)13/h3-5,8H,6-7,14H2,1-2H3,(H2,15,17). The van der Waals surface area contributed by atoms with Gasteiger partial charge in [0.05, 0.1) is 12.2 Å². The molecule has 0 atom stereocenters. The molecule has 0 fully saturated rings. The molecule has 0 spiro atoms. The number of benzene rings is 1. The van der Waals surface area contributed by atoms with Gasteiger partial charge in [-0.1, -0.05) is 12.1 Å². The molecular weight excluding hydrogens is 221 g/mol. The van der Waals surface area contributed by atoms with Crippen molar-refractivity contribution in [3.05, 3.63) is 29.6 Å². The molecular formula is C12H18FN3O. The van der Waals surface area contributed by atoms with Crippen molar-refractivity contribution < 1.29 is 9.18 Å². The van der Waals surface area contributed by atoms with Crippen molar-refractivity contribution in [1.82, 2.24) is 0 Å². The maximum absolute atomic E-state index is 13.8. The van der Waals surface area contributed by atoms with Gasteiger partial charge in [0.1, 0.15) is 5.82 Å². The minimum Gasteiger partial charge on any atom is -0.368 e. The number of para-hydroxylation sites is 1. The lowest BCUT2D eigenvalue weighted by Crippen LogP contribution is -2.39. The summed E-state index contributed by atoms with van der Waals surface area (Å²) in [6.07, 6.45) is 0. The first-order valence-corrected chi connectivity index (χ1v) is 5.49. The van der Waals surface area contributed by atoms with Gasteiger partial charge in [-0.05, 0) is 25.5 Å². The summed E-state index contributed by atoms with van der Waals surface area (Å²) in [5, 5.41) is 0. The number of anilines is 1. The highest BCUT2D eigenvalue weighted by Crippen LogP contribution is 2.25. The number of rotatable bonds is 5. The maximum Gasteiger partial charge on any atom is 0.236 e. The third-order valence-electron chi connectivity index (χ3n) is 2.53. The summed E-state index contributed by atoms with van der Waals surface area (Å²) in [6.45, 7) is 3.94. The van der Waals surface area contributed by atoms with E-state index in [1.807, 2.05) is 13.8 Å². The Morgan fingerprint density at radius 3 is 2.59 bits per heavy atom. The van der Waals surface area contributed by atoms with Crippen molar-refractivity contribution in [3.63, 3.8) is 0 Å². The topological polar surface area (TPSA) is 72.3 Å².